The first-order chi connectivity index (χ1) is 5.40. The lowest BCUT2D eigenvalue weighted by molar-refractivity contribution is 0.00833. The predicted octanol–water partition coefficient (Wildman–Crippen LogP) is -0.570. The molecule has 3 fully saturated rings. The van der Waals surface area contributed by atoms with E-state index in [2.05, 4.69) is 10.2 Å². The molecule has 0 aromatic carbocycles. The van der Waals surface area contributed by atoms with Gasteiger partial charge in [0.15, 0.2) is 0 Å². The van der Waals surface area contributed by atoms with Crippen molar-refractivity contribution in [3.63, 3.8) is 0 Å². The van der Waals surface area contributed by atoms with Crippen molar-refractivity contribution in [2.45, 2.75) is 30.7 Å². The summed E-state index contributed by atoms with van der Waals surface area (Å²) < 4.78 is 5.85. The number of rotatable bonds is 1. The highest BCUT2D eigenvalue weighted by atomic mass is 16.5. The van der Waals surface area contributed by atoms with E-state index >= 15 is 0 Å². The van der Waals surface area contributed by atoms with Crippen LogP contribution in [0.1, 0.15) is 6.42 Å². The van der Waals surface area contributed by atoms with Gasteiger partial charge in [-0.05, 0) is 13.5 Å². The number of morpholine rings is 1. The van der Waals surface area contributed by atoms with Crippen LogP contribution in [0, 0.1) is 0 Å². The summed E-state index contributed by atoms with van der Waals surface area (Å²) in [5.41, 5.74) is 0. The van der Waals surface area contributed by atoms with E-state index in [-0.39, 0.29) is 0 Å². The fourth-order valence-corrected chi connectivity index (χ4v) is 2.94. The minimum Gasteiger partial charge on any atom is -0.370 e. The van der Waals surface area contributed by atoms with Gasteiger partial charge in [-0.3, -0.25) is 4.90 Å². The molecular weight excluding hydrogens is 140 g/mol. The number of fused-ring (bicyclic) bond motifs is 1. The Morgan fingerprint density at radius 1 is 1.45 bits per heavy atom. The molecule has 3 rings (SSSR count). The summed E-state index contributed by atoms with van der Waals surface area (Å²) >= 11 is 0. The molecule has 1 N–H and O–H groups in total. The first-order valence-corrected chi connectivity index (χ1v) is 4.47. The van der Waals surface area contributed by atoms with Crippen molar-refractivity contribution in [2.24, 2.45) is 0 Å². The number of likely N-dealkylation sites (N-methyl/N-ethyl adjacent to an activating group) is 1. The zero-order valence-electron chi connectivity index (χ0n) is 6.79. The number of nitrogens with zero attached hydrogens (tertiary/aromatic N) is 1. The third kappa shape index (κ3) is 0.643. The van der Waals surface area contributed by atoms with Crippen molar-refractivity contribution >= 4 is 0 Å². The smallest absolute Gasteiger partial charge is 0.0875 e. The molecule has 3 nitrogen and oxygen atoms in total. The molecule has 0 amide bonds. The van der Waals surface area contributed by atoms with Crippen molar-refractivity contribution in [1.29, 1.82) is 0 Å². The van der Waals surface area contributed by atoms with E-state index in [9.17, 15) is 0 Å². The van der Waals surface area contributed by atoms with Gasteiger partial charge in [-0.15, -0.1) is 0 Å². The summed E-state index contributed by atoms with van der Waals surface area (Å²) in [7, 11) is 2.05. The van der Waals surface area contributed by atoms with Crippen LogP contribution in [-0.2, 0) is 4.74 Å². The zero-order valence-corrected chi connectivity index (χ0v) is 6.79. The van der Waals surface area contributed by atoms with Crippen molar-refractivity contribution in [1.82, 2.24) is 10.2 Å². The Balaban J connectivity index is 1.93. The van der Waals surface area contributed by atoms with E-state index in [1.165, 1.54) is 13.0 Å². The summed E-state index contributed by atoms with van der Waals surface area (Å²) in [6.45, 7) is 2.41. The van der Waals surface area contributed by atoms with Gasteiger partial charge in [0.2, 0.25) is 0 Å². The Morgan fingerprint density at radius 3 is 3.00 bits per heavy atom. The molecule has 3 saturated heterocycles. The molecule has 0 spiro atoms. The average molecular weight is 154 g/mol. The second kappa shape index (κ2) is 1.97. The number of hydrogen-bond donors (Lipinski definition) is 1. The fourth-order valence-electron chi connectivity index (χ4n) is 2.94. The van der Waals surface area contributed by atoms with E-state index < -0.39 is 0 Å². The molecule has 62 valence electrons. The van der Waals surface area contributed by atoms with Crippen LogP contribution in [0.4, 0.5) is 0 Å². The quantitative estimate of drug-likeness (QED) is 0.547. The molecule has 0 aliphatic carbocycles. The highest BCUT2D eigenvalue weighted by molar-refractivity contribution is 5.11. The lowest BCUT2D eigenvalue weighted by Crippen LogP contribution is -2.40. The lowest BCUT2D eigenvalue weighted by Gasteiger charge is -2.21. The second-order valence-corrected chi connectivity index (χ2v) is 3.80. The van der Waals surface area contributed by atoms with E-state index in [1.54, 1.807) is 0 Å². The second-order valence-electron chi connectivity index (χ2n) is 3.80. The molecule has 4 atom stereocenters. The minimum absolute atomic E-state index is 0.484. The SMILES string of the molecule is CN[C@@H]1C2CN3CCC(O2)C13. The fraction of sp³-hybridized carbons (Fsp3) is 1.00. The van der Waals surface area contributed by atoms with E-state index in [4.69, 9.17) is 4.74 Å². The summed E-state index contributed by atoms with van der Waals surface area (Å²) in [6.07, 6.45) is 2.28. The summed E-state index contributed by atoms with van der Waals surface area (Å²) in [6, 6.07) is 1.31. The largest absolute Gasteiger partial charge is 0.370 e. The van der Waals surface area contributed by atoms with Crippen LogP contribution in [0.2, 0.25) is 0 Å². The molecule has 0 radical (unpaired) electrons. The maximum atomic E-state index is 5.85. The molecule has 3 heteroatoms. The maximum absolute atomic E-state index is 5.85. The minimum atomic E-state index is 0.484. The molecule has 0 aromatic rings. The maximum Gasteiger partial charge on any atom is 0.0875 e. The third-order valence-corrected chi connectivity index (χ3v) is 3.37. The van der Waals surface area contributed by atoms with Gasteiger partial charge in [-0.1, -0.05) is 0 Å². The standard InChI is InChI=1S/C8H14N2O/c1-9-7-6-4-10-3-2-5(11-6)8(7)10/h5-9H,2-4H2,1H3/t5?,6?,7-,8?/m1/s1. The third-order valence-electron chi connectivity index (χ3n) is 3.37. The van der Waals surface area contributed by atoms with Crippen molar-refractivity contribution in [2.75, 3.05) is 20.1 Å². The van der Waals surface area contributed by atoms with Crippen LogP contribution in [0.5, 0.6) is 0 Å². The van der Waals surface area contributed by atoms with Gasteiger partial charge in [0.1, 0.15) is 0 Å². The van der Waals surface area contributed by atoms with Gasteiger partial charge in [0, 0.05) is 13.1 Å². The summed E-state index contributed by atoms with van der Waals surface area (Å²) in [5.74, 6) is 0. The molecule has 3 heterocycles. The number of nitrogens with one attached hydrogen (secondary N) is 1. The van der Waals surface area contributed by atoms with E-state index in [0.717, 1.165) is 6.54 Å². The Morgan fingerprint density at radius 2 is 2.36 bits per heavy atom. The predicted molar refractivity (Wildman–Crippen MR) is 41.5 cm³/mol. The molecule has 3 aliphatic heterocycles. The van der Waals surface area contributed by atoms with Crippen LogP contribution < -0.4 is 5.32 Å². The first kappa shape index (κ1) is 6.40. The van der Waals surface area contributed by atoms with Gasteiger partial charge in [0.05, 0.1) is 24.3 Å². The van der Waals surface area contributed by atoms with Gasteiger partial charge >= 0.3 is 0 Å². The van der Waals surface area contributed by atoms with E-state index in [1.807, 2.05) is 7.05 Å². The Hall–Kier alpha value is -0.120. The zero-order chi connectivity index (χ0) is 7.42. The van der Waals surface area contributed by atoms with Crippen molar-refractivity contribution < 1.29 is 4.74 Å². The molecular formula is C8H14N2O. The van der Waals surface area contributed by atoms with Gasteiger partial charge in [0.25, 0.3) is 0 Å². The Labute approximate surface area is 66.7 Å². The molecule has 0 saturated carbocycles. The van der Waals surface area contributed by atoms with Gasteiger partial charge in [-0.25, -0.2) is 0 Å². The molecule has 3 aliphatic rings. The van der Waals surface area contributed by atoms with Gasteiger partial charge < -0.3 is 10.1 Å². The van der Waals surface area contributed by atoms with Crippen LogP contribution in [0.25, 0.3) is 0 Å². The van der Waals surface area contributed by atoms with Crippen molar-refractivity contribution in [3.05, 3.63) is 0 Å². The molecule has 3 unspecified atom stereocenters. The lowest BCUT2D eigenvalue weighted by atomic mass is 10.1. The Bertz CT molecular complexity index is 171. The van der Waals surface area contributed by atoms with Crippen LogP contribution in [-0.4, -0.2) is 49.3 Å². The number of ether oxygens (including phenoxy) is 1. The highest BCUT2D eigenvalue weighted by Crippen LogP contribution is 2.39. The summed E-state index contributed by atoms with van der Waals surface area (Å²) in [5, 5.41) is 3.36. The average Bonchev–Trinajstić information content (AvgIpc) is 2.55. The van der Waals surface area contributed by atoms with Crippen LogP contribution >= 0.6 is 0 Å². The highest BCUT2D eigenvalue weighted by Gasteiger charge is 2.56. The number of hydrogen-bond acceptors (Lipinski definition) is 3. The Kier molecular flexibility index (Phi) is 1.15. The van der Waals surface area contributed by atoms with E-state index in [0.29, 0.717) is 24.3 Å². The van der Waals surface area contributed by atoms with Crippen molar-refractivity contribution in [3.8, 4) is 0 Å². The van der Waals surface area contributed by atoms with Crippen LogP contribution in [0.3, 0.4) is 0 Å². The first-order valence-electron chi connectivity index (χ1n) is 4.47. The molecule has 11 heavy (non-hydrogen) atoms. The molecule has 2 bridgehead atoms. The monoisotopic (exact) mass is 154 g/mol. The topological polar surface area (TPSA) is 24.5 Å². The molecule has 0 aromatic heterocycles. The van der Waals surface area contributed by atoms with Crippen LogP contribution in [0.15, 0.2) is 0 Å². The van der Waals surface area contributed by atoms with Gasteiger partial charge in [-0.2, -0.15) is 0 Å². The summed E-state index contributed by atoms with van der Waals surface area (Å²) in [4.78, 5) is 2.57. The normalized spacial score (nSPS) is 54.3.